The van der Waals surface area contributed by atoms with Crippen LogP contribution in [-0.4, -0.2) is 42.0 Å². The summed E-state index contributed by atoms with van der Waals surface area (Å²) in [5.74, 6) is 0.147. The minimum atomic E-state index is -4.54. The molecule has 11 heteroatoms. The van der Waals surface area contributed by atoms with Crippen molar-refractivity contribution in [1.82, 2.24) is 10.6 Å². The molecule has 0 aliphatic rings. The minimum absolute atomic E-state index is 0.0454. The van der Waals surface area contributed by atoms with Gasteiger partial charge in [0, 0.05) is 0 Å². The number of halogens is 3. The van der Waals surface area contributed by atoms with Crippen LogP contribution in [-0.2, 0) is 26.3 Å². The van der Waals surface area contributed by atoms with Crippen molar-refractivity contribution in [3.63, 3.8) is 0 Å². The van der Waals surface area contributed by atoms with Crippen molar-refractivity contribution in [2.75, 3.05) is 12.4 Å². The maximum absolute atomic E-state index is 13.1. The van der Waals surface area contributed by atoms with E-state index >= 15 is 0 Å². The molecule has 0 fully saturated rings. The normalized spacial score (nSPS) is 13.1. The Bertz CT molecular complexity index is 1030. The Balaban J connectivity index is 1.97. The van der Waals surface area contributed by atoms with Gasteiger partial charge in [-0.25, -0.2) is 0 Å². The number of ketones is 1. The maximum Gasteiger partial charge on any atom is 0.416 e. The van der Waals surface area contributed by atoms with E-state index in [-0.39, 0.29) is 23.2 Å². The molecule has 0 bridgehead atoms. The number of nitrogens with one attached hydrogen (secondary N) is 2. The third-order valence-electron chi connectivity index (χ3n) is 5.51. The van der Waals surface area contributed by atoms with Crippen molar-refractivity contribution in [3.8, 4) is 5.75 Å². The van der Waals surface area contributed by atoms with Gasteiger partial charge in [0.1, 0.15) is 17.6 Å². The molecular formula is C27H35F3N2O5S. The van der Waals surface area contributed by atoms with Crippen molar-refractivity contribution in [1.29, 1.82) is 0 Å². The highest BCUT2D eigenvalue weighted by molar-refractivity contribution is 7.99. The number of amides is 2. The Morgan fingerprint density at radius 2 is 1.84 bits per heavy atom. The first kappa shape index (κ1) is 31.3. The zero-order chi connectivity index (χ0) is 28.1. The molecule has 1 heterocycles. The number of carbonyl (C=O) groups is 3. The van der Waals surface area contributed by atoms with Gasteiger partial charge in [-0.2, -0.15) is 13.2 Å². The Morgan fingerprint density at radius 3 is 2.47 bits per heavy atom. The quantitative estimate of drug-likeness (QED) is 0.288. The van der Waals surface area contributed by atoms with Crippen LogP contribution in [0.2, 0.25) is 0 Å². The first-order valence-electron chi connectivity index (χ1n) is 12.5. The predicted octanol–water partition coefficient (Wildman–Crippen LogP) is 5.39. The highest BCUT2D eigenvalue weighted by Gasteiger charge is 2.31. The van der Waals surface area contributed by atoms with Crippen LogP contribution in [0, 0.1) is 5.92 Å². The zero-order valence-corrected chi connectivity index (χ0v) is 22.6. The Labute approximate surface area is 225 Å². The number of Topliss-reactive ketones (excluding diaryl/α,β-unsaturated/α-hetero) is 1. The lowest BCUT2D eigenvalue weighted by molar-refractivity contribution is -0.137. The van der Waals surface area contributed by atoms with Crippen molar-refractivity contribution in [2.24, 2.45) is 5.92 Å². The highest BCUT2D eigenvalue weighted by Crippen LogP contribution is 2.31. The second-order valence-electron chi connectivity index (χ2n) is 9.31. The Morgan fingerprint density at radius 1 is 1.08 bits per heavy atom. The van der Waals surface area contributed by atoms with Crippen LogP contribution in [0.1, 0.15) is 57.8 Å². The smallest absolute Gasteiger partial charge is 0.416 e. The van der Waals surface area contributed by atoms with Crippen LogP contribution in [0.5, 0.6) is 5.75 Å². The van der Waals surface area contributed by atoms with E-state index < -0.39 is 42.2 Å². The molecule has 1 aromatic heterocycles. The van der Waals surface area contributed by atoms with Crippen molar-refractivity contribution < 1.29 is 36.7 Å². The van der Waals surface area contributed by atoms with Crippen LogP contribution in [0.4, 0.5) is 13.2 Å². The van der Waals surface area contributed by atoms with Gasteiger partial charge in [0.15, 0.2) is 12.4 Å². The SMILES string of the molecule is CCCC[C@H](NC(=O)[C@H](CC(C)C)NC(=O)COc1cccc(C(F)(F)F)c1)C(=O)CSCc1ccco1. The van der Waals surface area contributed by atoms with Gasteiger partial charge in [0.05, 0.1) is 29.4 Å². The van der Waals surface area contributed by atoms with Crippen LogP contribution >= 0.6 is 11.8 Å². The molecule has 210 valence electrons. The third-order valence-corrected chi connectivity index (χ3v) is 6.49. The molecule has 2 aromatic rings. The molecule has 0 radical (unpaired) electrons. The maximum atomic E-state index is 13.1. The van der Waals surface area contributed by atoms with Crippen LogP contribution < -0.4 is 15.4 Å². The topological polar surface area (TPSA) is 97.6 Å². The molecule has 2 rings (SSSR count). The van der Waals surface area contributed by atoms with Crippen LogP contribution in [0.3, 0.4) is 0 Å². The van der Waals surface area contributed by atoms with E-state index in [2.05, 4.69) is 10.6 Å². The summed E-state index contributed by atoms with van der Waals surface area (Å²) in [6.07, 6.45) is -0.600. The van der Waals surface area contributed by atoms with Crippen molar-refractivity contribution in [2.45, 2.75) is 70.5 Å². The number of benzene rings is 1. The molecule has 2 N–H and O–H groups in total. The summed E-state index contributed by atoms with van der Waals surface area (Å²) in [5.41, 5.74) is -0.891. The van der Waals surface area contributed by atoms with Gasteiger partial charge in [-0.05, 0) is 49.1 Å². The van der Waals surface area contributed by atoms with E-state index in [0.717, 1.165) is 30.7 Å². The second-order valence-corrected chi connectivity index (χ2v) is 10.3. The van der Waals surface area contributed by atoms with Gasteiger partial charge >= 0.3 is 6.18 Å². The van der Waals surface area contributed by atoms with Crippen molar-refractivity contribution >= 4 is 29.4 Å². The number of rotatable bonds is 16. The first-order valence-corrected chi connectivity index (χ1v) is 13.7. The van der Waals surface area contributed by atoms with Gasteiger partial charge < -0.3 is 19.8 Å². The number of hydrogen-bond donors (Lipinski definition) is 2. The molecule has 0 saturated heterocycles. The number of unbranched alkanes of at least 4 members (excludes halogenated alkanes) is 1. The molecule has 0 unspecified atom stereocenters. The fourth-order valence-electron chi connectivity index (χ4n) is 3.59. The average Bonchev–Trinajstić information content (AvgIpc) is 3.37. The molecule has 2 amide bonds. The number of thioether (sulfide) groups is 1. The number of ether oxygens (including phenoxy) is 1. The summed E-state index contributed by atoms with van der Waals surface area (Å²) >= 11 is 1.39. The standard InChI is InChI=1S/C27H35F3N2O5S/c1-4-5-11-22(24(33)17-38-16-21-10-7-12-36-21)32-26(35)23(13-18(2)3)31-25(34)15-37-20-9-6-8-19(14-20)27(28,29)30/h6-10,12,14,18,22-23H,4-5,11,13,15-17H2,1-3H3,(H,31,34)(H,32,35)/t22-,23-/m0/s1. The van der Waals surface area contributed by atoms with Gasteiger partial charge in [0.25, 0.3) is 5.91 Å². The van der Waals surface area contributed by atoms with E-state index in [4.69, 9.17) is 9.15 Å². The largest absolute Gasteiger partial charge is 0.484 e. The molecule has 0 aliphatic carbocycles. The van der Waals surface area contributed by atoms with E-state index in [1.165, 1.54) is 23.9 Å². The number of alkyl halides is 3. The lowest BCUT2D eigenvalue weighted by Crippen LogP contribution is -2.53. The molecule has 7 nitrogen and oxygen atoms in total. The molecule has 0 saturated carbocycles. The summed E-state index contributed by atoms with van der Waals surface area (Å²) in [7, 11) is 0. The van der Waals surface area contributed by atoms with E-state index in [1.807, 2.05) is 26.8 Å². The number of furan rings is 1. The fourth-order valence-corrected chi connectivity index (χ4v) is 4.46. The van der Waals surface area contributed by atoms with Gasteiger partial charge in [-0.15, -0.1) is 11.8 Å². The Hall–Kier alpha value is -2.95. The van der Waals surface area contributed by atoms with E-state index in [1.54, 1.807) is 12.3 Å². The first-order chi connectivity index (χ1) is 18.0. The molecule has 1 aromatic carbocycles. The van der Waals surface area contributed by atoms with Crippen molar-refractivity contribution in [3.05, 3.63) is 54.0 Å². The van der Waals surface area contributed by atoms with Gasteiger partial charge in [-0.1, -0.05) is 39.7 Å². The van der Waals surface area contributed by atoms with Gasteiger partial charge in [-0.3, -0.25) is 14.4 Å². The Kier molecular flexibility index (Phi) is 12.7. The monoisotopic (exact) mass is 556 g/mol. The van der Waals surface area contributed by atoms with Crippen LogP contribution in [0.25, 0.3) is 0 Å². The minimum Gasteiger partial charge on any atom is -0.484 e. The summed E-state index contributed by atoms with van der Waals surface area (Å²) in [6, 6.07) is 6.18. The molecule has 38 heavy (non-hydrogen) atoms. The number of hydrogen-bond acceptors (Lipinski definition) is 6. The van der Waals surface area contributed by atoms with Crippen LogP contribution in [0.15, 0.2) is 47.1 Å². The zero-order valence-electron chi connectivity index (χ0n) is 21.8. The molecule has 2 atom stereocenters. The predicted molar refractivity (Wildman–Crippen MR) is 140 cm³/mol. The van der Waals surface area contributed by atoms with Gasteiger partial charge in [0.2, 0.25) is 5.91 Å². The highest BCUT2D eigenvalue weighted by atomic mass is 32.2. The summed E-state index contributed by atoms with van der Waals surface area (Å²) in [5, 5.41) is 5.40. The second kappa shape index (κ2) is 15.5. The summed E-state index contributed by atoms with van der Waals surface area (Å²) in [4.78, 5) is 38.5. The van der Waals surface area contributed by atoms with E-state index in [0.29, 0.717) is 18.6 Å². The molecule has 0 aliphatic heterocycles. The fraction of sp³-hybridized carbons (Fsp3) is 0.519. The summed E-state index contributed by atoms with van der Waals surface area (Å²) < 4.78 is 49.2. The van der Waals surface area contributed by atoms with E-state index in [9.17, 15) is 27.6 Å². The average molecular weight is 557 g/mol. The number of carbonyl (C=O) groups excluding carboxylic acids is 3. The third kappa shape index (κ3) is 11.2. The summed E-state index contributed by atoms with van der Waals surface area (Å²) in [6.45, 7) is 5.19. The molecular weight excluding hydrogens is 521 g/mol. The lowest BCUT2D eigenvalue weighted by Gasteiger charge is -2.24. The molecule has 0 spiro atoms. The lowest BCUT2D eigenvalue weighted by atomic mass is 10.0.